The second-order valence-corrected chi connectivity index (χ2v) is 9.95. The minimum absolute atomic E-state index is 0.0356. The second-order valence-electron chi connectivity index (χ2n) is 9.95. The Morgan fingerprint density at radius 2 is 1.04 bits per heavy atom. The zero-order valence-electron chi connectivity index (χ0n) is 17.8. The van der Waals surface area contributed by atoms with E-state index in [4.69, 9.17) is 18.9 Å². The third-order valence-electron chi connectivity index (χ3n) is 8.73. The number of fused-ring (bicyclic) bond motifs is 3. The van der Waals surface area contributed by atoms with Crippen molar-refractivity contribution in [1.29, 1.82) is 0 Å². The van der Waals surface area contributed by atoms with E-state index in [1.165, 1.54) is 12.8 Å². The topological polar surface area (TPSA) is 77.4 Å². The third-order valence-corrected chi connectivity index (χ3v) is 8.73. The minimum Gasteiger partial charge on any atom is -0.396 e. The van der Waals surface area contributed by atoms with E-state index in [0.29, 0.717) is 23.7 Å². The molecule has 2 N–H and O–H groups in total. The summed E-state index contributed by atoms with van der Waals surface area (Å²) in [7, 11) is 3.29. The van der Waals surface area contributed by atoms with Crippen molar-refractivity contribution >= 4 is 0 Å². The lowest BCUT2D eigenvalue weighted by molar-refractivity contribution is -0.454. The summed E-state index contributed by atoms with van der Waals surface area (Å²) in [5.41, 5.74) is 0. The quantitative estimate of drug-likeness (QED) is 0.758. The molecule has 162 valence electrons. The Bertz CT molecular complexity index is 509. The minimum atomic E-state index is -0.922. The average molecular weight is 399 g/mol. The lowest BCUT2D eigenvalue weighted by Gasteiger charge is -2.57. The Morgan fingerprint density at radius 3 is 1.36 bits per heavy atom. The van der Waals surface area contributed by atoms with E-state index in [1.54, 1.807) is 14.2 Å². The summed E-state index contributed by atoms with van der Waals surface area (Å²) in [5, 5.41) is 19.5. The van der Waals surface area contributed by atoms with Gasteiger partial charge in [0.1, 0.15) is 0 Å². The van der Waals surface area contributed by atoms with Gasteiger partial charge in [-0.15, -0.1) is 0 Å². The van der Waals surface area contributed by atoms with E-state index in [2.05, 4.69) is 0 Å². The molecular weight excluding hydrogens is 360 g/mol. The van der Waals surface area contributed by atoms with Crippen molar-refractivity contribution in [3.05, 3.63) is 0 Å². The number of aliphatic hydroxyl groups excluding tert-OH is 2. The van der Waals surface area contributed by atoms with Gasteiger partial charge in [-0.25, -0.2) is 0 Å². The molecule has 0 spiro atoms. The molecule has 4 rings (SSSR count). The highest BCUT2D eigenvalue weighted by molar-refractivity contribution is 5.00. The number of rotatable bonds is 4. The molecule has 10 atom stereocenters. The molecule has 0 radical (unpaired) electrons. The van der Waals surface area contributed by atoms with Crippen LogP contribution in [0.1, 0.15) is 52.4 Å². The standard InChI is InChI=1S/C22H38O6/c1-21(25-3)22(2,26-4)28-20-10-16-6-14-8-18(12-24)17(11-23)7-13(14)5-15(16)9-19(20)27-21/h13-20,23-24H,5-12H2,1-4H3/t13-,14+,15-,16+,17-,18-,19+,20+,21-,22-/m0/s1. The summed E-state index contributed by atoms with van der Waals surface area (Å²) in [5.74, 6) is 1.29. The van der Waals surface area contributed by atoms with Crippen LogP contribution >= 0.6 is 0 Å². The summed E-state index contributed by atoms with van der Waals surface area (Å²) in [6, 6.07) is 0. The smallest absolute Gasteiger partial charge is 0.220 e. The highest BCUT2D eigenvalue weighted by atomic mass is 16.8. The molecule has 1 saturated heterocycles. The second kappa shape index (κ2) is 7.78. The monoisotopic (exact) mass is 398 g/mol. The van der Waals surface area contributed by atoms with Crippen molar-refractivity contribution in [2.45, 2.75) is 76.2 Å². The first kappa shape index (κ1) is 21.0. The highest BCUT2D eigenvalue weighted by Gasteiger charge is 2.59. The number of aliphatic hydroxyl groups is 2. The van der Waals surface area contributed by atoms with Gasteiger partial charge in [-0.3, -0.25) is 0 Å². The molecule has 1 aliphatic heterocycles. The van der Waals surface area contributed by atoms with Crippen LogP contribution in [-0.2, 0) is 18.9 Å². The Morgan fingerprint density at radius 1 is 0.679 bits per heavy atom. The summed E-state index contributed by atoms with van der Waals surface area (Å²) in [4.78, 5) is 0. The van der Waals surface area contributed by atoms with Gasteiger partial charge in [0.2, 0.25) is 11.6 Å². The molecule has 0 aromatic rings. The van der Waals surface area contributed by atoms with Crippen molar-refractivity contribution in [2.75, 3.05) is 27.4 Å². The summed E-state index contributed by atoms with van der Waals surface area (Å²) in [6.07, 6.45) is 6.61. The van der Waals surface area contributed by atoms with Gasteiger partial charge in [-0.05, 0) is 87.9 Å². The zero-order valence-corrected chi connectivity index (χ0v) is 17.8. The number of ether oxygens (including phenoxy) is 4. The Hall–Kier alpha value is -0.240. The number of hydrogen-bond acceptors (Lipinski definition) is 6. The largest absolute Gasteiger partial charge is 0.396 e. The fourth-order valence-electron chi connectivity index (χ4n) is 6.72. The Labute approximate surface area is 168 Å². The van der Waals surface area contributed by atoms with Gasteiger partial charge >= 0.3 is 0 Å². The average Bonchev–Trinajstić information content (AvgIpc) is 2.70. The lowest BCUT2D eigenvalue weighted by Crippen LogP contribution is -2.66. The molecule has 3 aliphatic carbocycles. The van der Waals surface area contributed by atoms with Gasteiger partial charge in [-0.2, -0.15) is 0 Å². The first-order valence-corrected chi connectivity index (χ1v) is 11.0. The van der Waals surface area contributed by atoms with Crippen molar-refractivity contribution in [3.8, 4) is 0 Å². The maximum Gasteiger partial charge on any atom is 0.220 e. The van der Waals surface area contributed by atoms with Gasteiger partial charge in [0, 0.05) is 27.4 Å². The van der Waals surface area contributed by atoms with Crippen LogP contribution in [0.15, 0.2) is 0 Å². The van der Waals surface area contributed by atoms with E-state index in [0.717, 1.165) is 25.7 Å². The van der Waals surface area contributed by atoms with Crippen LogP contribution in [0.5, 0.6) is 0 Å². The zero-order chi connectivity index (χ0) is 20.1. The van der Waals surface area contributed by atoms with Crippen LogP contribution in [0.25, 0.3) is 0 Å². The Balaban J connectivity index is 1.48. The predicted octanol–water partition coefficient (Wildman–Crippen LogP) is 2.56. The van der Waals surface area contributed by atoms with Gasteiger partial charge in [-0.1, -0.05) is 0 Å². The normalized spacial score (nSPS) is 53.8. The molecule has 0 unspecified atom stereocenters. The maximum absolute atomic E-state index is 9.75. The van der Waals surface area contributed by atoms with Gasteiger partial charge in [0.05, 0.1) is 12.2 Å². The summed E-state index contributed by atoms with van der Waals surface area (Å²) >= 11 is 0. The molecule has 1 heterocycles. The number of methoxy groups -OCH3 is 2. The highest BCUT2D eigenvalue weighted by Crippen LogP contribution is 2.55. The van der Waals surface area contributed by atoms with Crippen molar-refractivity contribution in [3.63, 3.8) is 0 Å². The van der Waals surface area contributed by atoms with Crippen LogP contribution in [0.3, 0.4) is 0 Å². The van der Waals surface area contributed by atoms with Crippen LogP contribution in [0.2, 0.25) is 0 Å². The van der Waals surface area contributed by atoms with Crippen LogP contribution in [0.4, 0.5) is 0 Å². The molecule has 6 nitrogen and oxygen atoms in total. The van der Waals surface area contributed by atoms with Gasteiger partial charge in [0.15, 0.2) is 0 Å². The van der Waals surface area contributed by atoms with Gasteiger partial charge in [0.25, 0.3) is 0 Å². The van der Waals surface area contributed by atoms with Crippen LogP contribution in [-0.4, -0.2) is 61.4 Å². The molecule has 0 amide bonds. The molecular formula is C22H38O6. The summed E-state index contributed by atoms with van der Waals surface area (Å²) in [6.45, 7) is 4.20. The maximum atomic E-state index is 9.75. The SMILES string of the molecule is CO[C@@]1(C)O[C@@H]2C[C@H]3C[C@@H]4C[C@@H](CO)[C@H](CO)C[C@@H]4C[C@H]3C[C@H]2O[C@]1(C)OC. The first-order valence-electron chi connectivity index (χ1n) is 11.0. The fraction of sp³-hybridized carbons (Fsp3) is 1.00. The number of hydrogen-bond donors (Lipinski definition) is 2. The molecule has 4 fully saturated rings. The molecule has 4 aliphatic rings. The van der Waals surface area contributed by atoms with Gasteiger partial charge < -0.3 is 29.2 Å². The van der Waals surface area contributed by atoms with E-state index < -0.39 is 11.6 Å². The molecule has 0 aromatic heterocycles. The molecule has 28 heavy (non-hydrogen) atoms. The van der Waals surface area contributed by atoms with E-state index in [9.17, 15) is 10.2 Å². The molecule has 0 bridgehead atoms. The molecule has 0 aromatic carbocycles. The fourth-order valence-corrected chi connectivity index (χ4v) is 6.72. The molecule has 3 saturated carbocycles. The van der Waals surface area contributed by atoms with Crippen LogP contribution < -0.4 is 0 Å². The van der Waals surface area contributed by atoms with Crippen LogP contribution in [0, 0.1) is 35.5 Å². The van der Waals surface area contributed by atoms with E-state index in [1.807, 2.05) is 13.8 Å². The molecule has 6 heteroatoms. The lowest BCUT2D eigenvalue weighted by atomic mass is 9.56. The van der Waals surface area contributed by atoms with Crippen molar-refractivity contribution < 1.29 is 29.2 Å². The van der Waals surface area contributed by atoms with E-state index >= 15 is 0 Å². The first-order chi connectivity index (χ1) is 13.4. The van der Waals surface area contributed by atoms with E-state index in [-0.39, 0.29) is 37.3 Å². The van der Waals surface area contributed by atoms with Crippen molar-refractivity contribution in [2.24, 2.45) is 35.5 Å². The summed E-state index contributed by atoms with van der Waals surface area (Å²) < 4.78 is 24.3. The third kappa shape index (κ3) is 3.34. The van der Waals surface area contributed by atoms with Crippen molar-refractivity contribution in [1.82, 2.24) is 0 Å². The Kier molecular flexibility index (Phi) is 5.84. The predicted molar refractivity (Wildman–Crippen MR) is 103 cm³/mol.